The highest BCUT2D eigenvalue weighted by Gasteiger charge is 2.41. The topological polar surface area (TPSA) is 108 Å². The zero-order valence-corrected chi connectivity index (χ0v) is 19.3. The van der Waals surface area contributed by atoms with Crippen LogP contribution in [0.1, 0.15) is 37.9 Å². The van der Waals surface area contributed by atoms with Crippen molar-refractivity contribution in [1.29, 1.82) is 0 Å². The number of hydrogen-bond donors (Lipinski definition) is 2. The van der Waals surface area contributed by atoms with Crippen molar-refractivity contribution in [3.05, 3.63) is 24.0 Å². The van der Waals surface area contributed by atoms with Crippen LogP contribution in [0.5, 0.6) is 0 Å². The van der Waals surface area contributed by atoms with E-state index in [9.17, 15) is 8.78 Å². The lowest BCUT2D eigenvalue weighted by Crippen LogP contribution is -2.48. The first-order chi connectivity index (χ1) is 16.8. The van der Waals surface area contributed by atoms with Gasteiger partial charge in [0, 0.05) is 11.6 Å². The number of fused-ring (bicyclic) bond motifs is 2. The summed E-state index contributed by atoms with van der Waals surface area (Å²) in [6, 6.07) is 5.47. The molecule has 6 rings (SSSR count). The number of pyridine rings is 1. The molecule has 1 aliphatic carbocycles. The second kappa shape index (κ2) is 8.15. The standard InChI is InChI=1S/C23H25BF2N8O/c1-12-28-16-3-2-15(30-21(16)33(12)11-18(25)26)14-10-17(24)34-19(14)20(27)31-22(32-34)29-13-4-6-23(7-5-13)8-9-35-23/h2-3,10,13,18H,4-9,11H2,1H3,(H3,27,29,31,32). The number of nitrogens with one attached hydrogen (secondary N) is 1. The van der Waals surface area contributed by atoms with E-state index in [0.29, 0.717) is 45.3 Å². The van der Waals surface area contributed by atoms with Crippen molar-refractivity contribution in [2.45, 2.75) is 63.6 Å². The summed E-state index contributed by atoms with van der Waals surface area (Å²) in [6.45, 7) is 2.06. The van der Waals surface area contributed by atoms with Gasteiger partial charge in [0.05, 0.1) is 24.4 Å². The number of rotatable bonds is 5. The highest BCUT2D eigenvalue weighted by molar-refractivity contribution is 6.32. The Labute approximate surface area is 201 Å². The van der Waals surface area contributed by atoms with Gasteiger partial charge in [0.15, 0.2) is 11.5 Å². The van der Waals surface area contributed by atoms with Crippen LogP contribution in [0.3, 0.4) is 0 Å². The van der Waals surface area contributed by atoms with E-state index in [-0.39, 0.29) is 17.5 Å². The molecule has 0 aromatic carbocycles. The van der Waals surface area contributed by atoms with Crippen LogP contribution in [0.25, 0.3) is 27.9 Å². The molecule has 0 amide bonds. The lowest BCUT2D eigenvalue weighted by Gasteiger charge is -2.46. The van der Waals surface area contributed by atoms with Crippen molar-refractivity contribution in [3.8, 4) is 11.3 Å². The molecular formula is C23H25BF2N8O. The number of nitrogen functional groups attached to an aromatic ring is 1. The van der Waals surface area contributed by atoms with Crippen LogP contribution < -0.4 is 16.6 Å². The summed E-state index contributed by atoms with van der Waals surface area (Å²) in [5.74, 6) is 1.14. The van der Waals surface area contributed by atoms with E-state index in [1.165, 1.54) is 4.57 Å². The van der Waals surface area contributed by atoms with Gasteiger partial charge in [0.1, 0.15) is 24.7 Å². The van der Waals surface area contributed by atoms with Gasteiger partial charge < -0.3 is 20.4 Å². The Morgan fingerprint density at radius 3 is 2.69 bits per heavy atom. The molecule has 9 nitrogen and oxygen atoms in total. The molecule has 2 radical (unpaired) electrons. The van der Waals surface area contributed by atoms with Crippen molar-refractivity contribution < 1.29 is 13.5 Å². The third-order valence-corrected chi connectivity index (χ3v) is 7.24. The zero-order valence-electron chi connectivity index (χ0n) is 19.3. The molecule has 180 valence electrons. The number of anilines is 2. The lowest BCUT2D eigenvalue weighted by molar-refractivity contribution is -0.165. The van der Waals surface area contributed by atoms with Crippen LogP contribution in [0.2, 0.25) is 0 Å². The molecule has 35 heavy (non-hydrogen) atoms. The van der Waals surface area contributed by atoms with E-state index in [1.807, 2.05) is 0 Å². The summed E-state index contributed by atoms with van der Waals surface area (Å²) in [7, 11) is 6.29. The molecule has 0 atom stereocenters. The average molecular weight is 478 g/mol. The Hall–Kier alpha value is -3.28. The molecule has 3 N–H and O–H groups in total. The largest absolute Gasteiger partial charge is 0.382 e. The van der Waals surface area contributed by atoms with Crippen molar-refractivity contribution in [1.82, 2.24) is 29.1 Å². The summed E-state index contributed by atoms with van der Waals surface area (Å²) >= 11 is 0. The third-order valence-electron chi connectivity index (χ3n) is 7.24. The van der Waals surface area contributed by atoms with Crippen LogP contribution in [0, 0.1) is 6.92 Å². The average Bonchev–Trinajstić information content (AvgIpc) is 3.29. The number of halogens is 2. The highest BCUT2D eigenvalue weighted by atomic mass is 19.3. The number of hydrogen-bond acceptors (Lipinski definition) is 7. The Morgan fingerprint density at radius 2 is 2.00 bits per heavy atom. The fourth-order valence-electron chi connectivity index (χ4n) is 5.29. The summed E-state index contributed by atoms with van der Waals surface area (Å²) in [5.41, 5.74) is 9.40. The Morgan fingerprint density at radius 1 is 1.23 bits per heavy atom. The third kappa shape index (κ3) is 3.80. The quantitative estimate of drug-likeness (QED) is 0.425. The second-order valence-corrected chi connectivity index (χ2v) is 9.46. The molecule has 1 saturated heterocycles. The van der Waals surface area contributed by atoms with Gasteiger partial charge in [-0.3, -0.25) is 0 Å². The number of aromatic nitrogens is 6. The number of nitrogens with two attached hydrogens (primary N) is 1. The smallest absolute Gasteiger partial charge is 0.256 e. The summed E-state index contributed by atoms with van der Waals surface area (Å²) in [4.78, 5) is 13.5. The van der Waals surface area contributed by atoms with Crippen molar-refractivity contribution in [2.75, 3.05) is 17.7 Å². The van der Waals surface area contributed by atoms with Gasteiger partial charge in [-0.25, -0.2) is 23.3 Å². The highest BCUT2D eigenvalue weighted by Crippen LogP contribution is 2.41. The van der Waals surface area contributed by atoms with Crippen LogP contribution in [0.15, 0.2) is 18.2 Å². The van der Waals surface area contributed by atoms with Crippen molar-refractivity contribution in [2.24, 2.45) is 0 Å². The number of ether oxygens (including phenoxy) is 1. The first kappa shape index (κ1) is 22.2. The second-order valence-electron chi connectivity index (χ2n) is 9.46. The number of nitrogens with zero attached hydrogens (tertiary/aromatic N) is 6. The molecule has 4 aromatic heterocycles. The normalized spacial score (nSPS) is 22.3. The van der Waals surface area contributed by atoms with Crippen molar-refractivity contribution >= 4 is 41.9 Å². The molecular weight excluding hydrogens is 453 g/mol. The van der Waals surface area contributed by atoms with Gasteiger partial charge in [-0.2, -0.15) is 4.98 Å². The van der Waals surface area contributed by atoms with Crippen LogP contribution in [-0.4, -0.2) is 61.7 Å². The maximum atomic E-state index is 13.1. The van der Waals surface area contributed by atoms with Gasteiger partial charge in [-0.15, -0.1) is 5.10 Å². The number of aryl methyl sites for hydroxylation is 1. The monoisotopic (exact) mass is 478 g/mol. The SMILES string of the molecule is [B]c1cc(-c2ccc3nc(C)n(CC(F)F)c3n2)c2c(N)nc(NC3CCC4(CCO4)CC3)nn12. The molecule has 4 aromatic rings. The first-order valence-electron chi connectivity index (χ1n) is 11.8. The minimum absolute atomic E-state index is 0.0825. The lowest BCUT2D eigenvalue weighted by atomic mass is 9.77. The fourth-order valence-corrected chi connectivity index (χ4v) is 5.29. The van der Waals surface area contributed by atoms with Gasteiger partial charge in [-0.1, -0.05) is 0 Å². The predicted molar refractivity (Wildman–Crippen MR) is 129 cm³/mol. The van der Waals surface area contributed by atoms with Crippen LogP contribution >= 0.6 is 0 Å². The molecule has 0 unspecified atom stereocenters. The van der Waals surface area contributed by atoms with E-state index in [1.54, 1.807) is 29.6 Å². The summed E-state index contributed by atoms with van der Waals surface area (Å²) < 4.78 is 35.0. The molecule has 5 heterocycles. The van der Waals surface area contributed by atoms with E-state index in [2.05, 4.69) is 25.4 Å². The molecule has 0 bridgehead atoms. The van der Waals surface area contributed by atoms with E-state index in [0.717, 1.165) is 38.7 Å². The molecule has 12 heteroatoms. The van der Waals surface area contributed by atoms with Crippen molar-refractivity contribution in [3.63, 3.8) is 0 Å². The molecule has 2 fully saturated rings. The van der Waals surface area contributed by atoms with Gasteiger partial charge in [-0.05, 0) is 62.8 Å². The van der Waals surface area contributed by atoms with Gasteiger partial charge >= 0.3 is 0 Å². The fraction of sp³-hybridized carbons (Fsp3) is 0.478. The summed E-state index contributed by atoms with van der Waals surface area (Å²) in [6.07, 6.45) is 2.61. The minimum atomic E-state index is -2.52. The van der Waals surface area contributed by atoms with E-state index >= 15 is 0 Å². The van der Waals surface area contributed by atoms with Gasteiger partial charge in [0.25, 0.3) is 6.43 Å². The Balaban J connectivity index is 1.33. The Bertz CT molecular complexity index is 1420. The minimum Gasteiger partial charge on any atom is -0.382 e. The first-order valence-corrected chi connectivity index (χ1v) is 11.8. The molecule has 2 aliphatic rings. The zero-order chi connectivity index (χ0) is 24.3. The Kier molecular flexibility index (Phi) is 5.17. The maximum absolute atomic E-state index is 13.1. The van der Waals surface area contributed by atoms with Crippen LogP contribution in [0.4, 0.5) is 20.5 Å². The predicted octanol–water partition coefficient (Wildman–Crippen LogP) is 2.60. The molecule has 1 saturated carbocycles. The molecule has 1 spiro atoms. The van der Waals surface area contributed by atoms with E-state index < -0.39 is 13.0 Å². The summed E-state index contributed by atoms with van der Waals surface area (Å²) in [5, 5.41) is 7.98. The molecule has 1 aliphatic heterocycles. The number of alkyl halides is 2. The van der Waals surface area contributed by atoms with Crippen LogP contribution in [-0.2, 0) is 11.3 Å². The maximum Gasteiger partial charge on any atom is 0.256 e. The number of imidazole rings is 1. The van der Waals surface area contributed by atoms with E-state index in [4.69, 9.17) is 18.3 Å². The van der Waals surface area contributed by atoms with Gasteiger partial charge in [0.2, 0.25) is 5.95 Å².